The zero-order chi connectivity index (χ0) is 12.1. The molecule has 17 heavy (non-hydrogen) atoms. The molecule has 94 valence electrons. The van der Waals surface area contributed by atoms with Gasteiger partial charge in [-0.1, -0.05) is 47.8 Å². The second-order valence-corrected chi connectivity index (χ2v) is 5.99. The lowest BCUT2D eigenvalue weighted by molar-refractivity contribution is 0.527. The summed E-state index contributed by atoms with van der Waals surface area (Å²) >= 11 is 3.57. The summed E-state index contributed by atoms with van der Waals surface area (Å²) in [5, 5.41) is 3.67. The average molecular weight is 296 g/mol. The van der Waals surface area contributed by atoms with Crippen molar-refractivity contribution in [3.63, 3.8) is 0 Å². The topological polar surface area (TPSA) is 12.0 Å². The summed E-state index contributed by atoms with van der Waals surface area (Å²) in [4.78, 5) is 0. The van der Waals surface area contributed by atoms with Gasteiger partial charge in [-0.2, -0.15) is 0 Å². The fourth-order valence-electron chi connectivity index (χ4n) is 2.19. The summed E-state index contributed by atoms with van der Waals surface area (Å²) in [5.41, 5.74) is 1.47. The lowest BCUT2D eigenvalue weighted by Gasteiger charge is -2.18. The highest BCUT2D eigenvalue weighted by Crippen LogP contribution is 2.26. The van der Waals surface area contributed by atoms with E-state index in [2.05, 4.69) is 52.4 Å². The van der Waals surface area contributed by atoms with Gasteiger partial charge in [-0.3, -0.25) is 0 Å². The van der Waals surface area contributed by atoms with Crippen LogP contribution in [-0.4, -0.2) is 12.6 Å². The molecule has 0 aliphatic heterocycles. The Morgan fingerprint density at radius 1 is 1.41 bits per heavy atom. The Labute approximate surface area is 113 Å². The van der Waals surface area contributed by atoms with Gasteiger partial charge in [0.25, 0.3) is 0 Å². The van der Waals surface area contributed by atoms with E-state index in [0.29, 0.717) is 5.92 Å². The molecule has 1 saturated carbocycles. The molecular formula is C15H22BrN. The lowest BCUT2D eigenvalue weighted by atomic mass is 9.93. The third-order valence-electron chi connectivity index (χ3n) is 3.46. The van der Waals surface area contributed by atoms with Crippen molar-refractivity contribution >= 4 is 15.9 Å². The monoisotopic (exact) mass is 295 g/mol. The molecule has 1 aliphatic rings. The molecule has 1 unspecified atom stereocenters. The third kappa shape index (κ3) is 4.44. The number of nitrogens with one attached hydrogen (secondary N) is 1. The van der Waals surface area contributed by atoms with E-state index in [1.54, 1.807) is 0 Å². The van der Waals surface area contributed by atoms with Crippen molar-refractivity contribution in [1.29, 1.82) is 0 Å². The number of hydrogen-bond acceptors (Lipinski definition) is 1. The predicted octanol–water partition coefficient (Wildman–Crippen LogP) is 4.47. The third-order valence-corrected chi connectivity index (χ3v) is 3.95. The molecule has 0 spiro atoms. The van der Waals surface area contributed by atoms with Crippen LogP contribution in [0.3, 0.4) is 0 Å². The Bertz CT molecular complexity index is 347. The molecule has 1 fully saturated rings. The van der Waals surface area contributed by atoms with Gasteiger partial charge < -0.3 is 5.32 Å². The Hall–Kier alpha value is -0.340. The predicted molar refractivity (Wildman–Crippen MR) is 77.4 cm³/mol. The maximum absolute atomic E-state index is 3.67. The first-order valence-electron chi connectivity index (χ1n) is 6.78. The normalized spacial score (nSPS) is 17.1. The molecule has 0 saturated heterocycles. The van der Waals surface area contributed by atoms with Crippen molar-refractivity contribution < 1.29 is 0 Å². The van der Waals surface area contributed by atoms with Gasteiger partial charge in [0.05, 0.1) is 0 Å². The van der Waals surface area contributed by atoms with Gasteiger partial charge in [-0.15, -0.1) is 0 Å². The van der Waals surface area contributed by atoms with Gasteiger partial charge in [0.15, 0.2) is 0 Å². The lowest BCUT2D eigenvalue weighted by Crippen LogP contribution is -2.23. The summed E-state index contributed by atoms with van der Waals surface area (Å²) in [6, 6.07) is 9.60. The highest BCUT2D eigenvalue weighted by molar-refractivity contribution is 9.10. The molecule has 0 heterocycles. The van der Waals surface area contributed by atoms with Crippen LogP contribution in [0.4, 0.5) is 0 Å². The highest BCUT2D eigenvalue weighted by atomic mass is 79.9. The van der Waals surface area contributed by atoms with E-state index in [4.69, 9.17) is 0 Å². The van der Waals surface area contributed by atoms with E-state index in [9.17, 15) is 0 Å². The van der Waals surface area contributed by atoms with Gasteiger partial charge in [-0.25, -0.2) is 0 Å². The van der Waals surface area contributed by atoms with Gasteiger partial charge in [0.2, 0.25) is 0 Å². The van der Waals surface area contributed by atoms with Crippen molar-refractivity contribution in [2.45, 2.75) is 51.0 Å². The molecule has 1 aromatic rings. The maximum atomic E-state index is 3.67. The number of rotatable bonds is 7. The smallest absolute Gasteiger partial charge is 0.0178 e. The molecule has 1 nitrogen and oxygen atoms in total. The van der Waals surface area contributed by atoms with Gasteiger partial charge in [0.1, 0.15) is 0 Å². The van der Waals surface area contributed by atoms with Gasteiger partial charge >= 0.3 is 0 Å². The standard InChI is InChI=1S/C15H22BrN/c1-2-3-5-13(11-17-15-8-9-15)12-6-4-7-14(16)10-12/h4,6-7,10,13,15,17H,2-3,5,8-9,11H2,1H3. The Balaban J connectivity index is 1.96. The van der Waals surface area contributed by atoms with Crippen LogP contribution in [0, 0.1) is 0 Å². The molecule has 0 amide bonds. The number of halogens is 1. The van der Waals surface area contributed by atoms with E-state index in [1.165, 1.54) is 42.1 Å². The van der Waals surface area contributed by atoms with Crippen LogP contribution >= 0.6 is 15.9 Å². The molecule has 1 aliphatic carbocycles. The van der Waals surface area contributed by atoms with Crippen molar-refractivity contribution in [3.05, 3.63) is 34.3 Å². The Morgan fingerprint density at radius 2 is 2.24 bits per heavy atom. The van der Waals surface area contributed by atoms with E-state index < -0.39 is 0 Å². The number of hydrogen-bond donors (Lipinski definition) is 1. The minimum absolute atomic E-state index is 0.674. The van der Waals surface area contributed by atoms with E-state index >= 15 is 0 Å². The van der Waals surface area contributed by atoms with Crippen LogP contribution < -0.4 is 5.32 Å². The summed E-state index contributed by atoms with van der Waals surface area (Å²) in [6.45, 7) is 3.41. The van der Waals surface area contributed by atoms with E-state index in [-0.39, 0.29) is 0 Å². The van der Waals surface area contributed by atoms with Crippen molar-refractivity contribution in [3.8, 4) is 0 Å². The largest absolute Gasteiger partial charge is 0.313 e. The zero-order valence-corrected chi connectivity index (χ0v) is 12.2. The van der Waals surface area contributed by atoms with Crippen LogP contribution in [0.1, 0.15) is 50.5 Å². The van der Waals surface area contributed by atoms with Crippen LogP contribution in [0.2, 0.25) is 0 Å². The summed E-state index contributed by atoms with van der Waals surface area (Å²) in [7, 11) is 0. The van der Waals surface area contributed by atoms with Crippen molar-refractivity contribution in [2.75, 3.05) is 6.54 Å². The summed E-state index contributed by atoms with van der Waals surface area (Å²) in [6.07, 6.45) is 6.65. The molecular weight excluding hydrogens is 274 g/mol. The van der Waals surface area contributed by atoms with Crippen LogP contribution in [-0.2, 0) is 0 Å². The fourth-order valence-corrected chi connectivity index (χ4v) is 2.61. The van der Waals surface area contributed by atoms with Crippen LogP contribution in [0.15, 0.2) is 28.7 Å². The van der Waals surface area contributed by atoms with Crippen molar-refractivity contribution in [1.82, 2.24) is 5.32 Å². The van der Waals surface area contributed by atoms with E-state index in [0.717, 1.165) is 12.6 Å². The minimum atomic E-state index is 0.674. The summed E-state index contributed by atoms with van der Waals surface area (Å²) < 4.78 is 1.20. The molecule has 0 aromatic heterocycles. The summed E-state index contributed by atoms with van der Waals surface area (Å²) in [5.74, 6) is 0.674. The van der Waals surface area contributed by atoms with Gasteiger partial charge in [0, 0.05) is 17.1 Å². The second kappa shape index (κ2) is 6.55. The first-order valence-corrected chi connectivity index (χ1v) is 7.57. The Kier molecular flexibility index (Phi) is 5.05. The Morgan fingerprint density at radius 3 is 2.88 bits per heavy atom. The van der Waals surface area contributed by atoms with Crippen LogP contribution in [0.5, 0.6) is 0 Å². The minimum Gasteiger partial charge on any atom is -0.313 e. The fraction of sp³-hybridized carbons (Fsp3) is 0.600. The maximum Gasteiger partial charge on any atom is 0.0178 e. The van der Waals surface area contributed by atoms with E-state index in [1.807, 2.05) is 0 Å². The zero-order valence-electron chi connectivity index (χ0n) is 10.6. The molecule has 0 bridgehead atoms. The average Bonchev–Trinajstić information content (AvgIpc) is 3.13. The first-order chi connectivity index (χ1) is 8.29. The molecule has 2 rings (SSSR count). The molecule has 0 radical (unpaired) electrons. The number of benzene rings is 1. The molecule has 2 heteroatoms. The molecule has 1 N–H and O–H groups in total. The molecule has 1 aromatic carbocycles. The number of unbranched alkanes of at least 4 members (excludes halogenated alkanes) is 1. The first kappa shape index (κ1) is 13.1. The van der Waals surface area contributed by atoms with Crippen molar-refractivity contribution in [2.24, 2.45) is 0 Å². The van der Waals surface area contributed by atoms with Gasteiger partial charge in [-0.05, 0) is 42.9 Å². The van der Waals surface area contributed by atoms with Crippen LogP contribution in [0.25, 0.3) is 0 Å². The highest BCUT2D eigenvalue weighted by Gasteiger charge is 2.22. The second-order valence-electron chi connectivity index (χ2n) is 5.08. The molecule has 1 atom stereocenters. The SMILES string of the molecule is CCCCC(CNC1CC1)c1cccc(Br)c1. The quantitative estimate of drug-likeness (QED) is 0.782.